The Kier molecular flexibility index (Phi) is 2.71. The van der Waals surface area contributed by atoms with Crippen molar-refractivity contribution in [3.05, 3.63) is 12.0 Å². The summed E-state index contributed by atoms with van der Waals surface area (Å²) in [5, 5.41) is 21.6. The average molecular weight is 251 g/mol. The number of rotatable bonds is 3. The fourth-order valence-electron chi connectivity index (χ4n) is 2.80. The molecule has 18 heavy (non-hydrogen) atoms. The first-order valence-electron chi connectivity index (χ1n) is 6.09. The van der Waals surface area contributed by atoms with Gasteiger partial charge in [-0.3, -0.25) is 0 Å². The van der Waals surface area contributed by atoms with E-state index in [2.05, 4.69) is 15.3 Å². The third kappa shape index (κ3) is 1.58. The largest absolute Gasteiger partial charge is 0.396 e. The van der Waals surface area contributed by atoms with Crippen LogP contribution in [0.1, 0.15) is 18.2 Å². The first-order valence-corrected chi connectivity index (χ1v) is 6.09. The molecule has 0 radical (unpaired) electrons. The third-order valence-corrected chi connectivity index (χ3v) is 3.96. The van der Waals surface area contributed by atoms with Crippen LogP contribution in [-0.4, -0.2) is 38.9 Å². The first kappa shape index (κ1) is 11.5. The topological polar surface area (TPSA) is 109 Å². The Morgan fingerprint density at radius 1 is 1.44 bits per heavy atom. The molecule has 0 saturated heterocycles. The summed E-state index contributed by atoms with van der Waals surface area (Å²) < 4.78 is 2.00. The fourth-order valence-corrected chi connectivity index (χ4v) is 2.80. The summed E-state index contributed by atoms with van der Waals surface area (Å²) in [5.41, 5.74) is 6.54. The van der Waals surface area contributed by atoms with Gasteiger partial charge in [-0.25, -0.2) is 9.98 Å². The molecule has 0 bridgehead atoms. The van der Waals surface area contributed by atoms with Crippen molar-refractivity contribution in [1.29, 1.82) is 0 Å². The zero-order valence-corrected chi connectivity index (χ0v) is 9.95. The predicted octanol–water partition coefficient (Wildman–Crippen LogP) is -0.715. The Morgan fingerprint density at radius 2 is 2.28 bits per heavy atom. The van der Waals surface area contributed by atoms with Crippen molar-refractivity contribution in [3.8, 4) is 0 Å². The van der Waals surface area contributed by atoms with Crippen LogP contribution in [0.5, 0.6) is 0 Å². The maximum Gasteiger partial charge on any atom is 0.194 e. The van der Waals surface area contributed by atoms with Gasteiger partial charge in [0.15, 0.2) is 5.96 Å². The number of aliphatic hydroxyl groups is 2. The summed E-state index contributed by atoms with van der Waals surface area (Å²) in [5.74, 6) is 1.51. The van der Waals surface area contributed by atoms with Crippen molar-refractivity contribution < 1.29 is 10.2 Å². The van der Waals surface area contributed by atoms with Gasteiger partial charge < -0.3 is 25.8 Å². The Bertz CT molecular complexity index is 484. The normalized spacial score (nSPS) is 30.1. The summed E-state index contributed by atoms with van der Waals surface area (Å²) >= 11 is 0. The Labute approximate surface area is 104 Å². The molecule has 0 spiro atoms. The van der Waals surface area contributed by atoms with Crippen LogP contribution in [0.25, 0.3) is 0 Å². The van der Waals surface area contributed by atoms with Gasteiger partial charge >= 0.3 is 0 Å². The number of guanidine groups is 1. The van der Waals surface area contributed by atoms with Gasteiger partial charge in [-0.2, -0.15) is 0 Å². The van der Waals surface area contributed by atoms with Crippen molar-refractivity contribution in [2.75, 3.05) is 18.5 Å². The molecule has 1 fully saturated rings. The van der Waals surface area contributed by atoms with Crippen LogP contribution in [0.4, 0.5) is 5.82 Å². The Balaban J connectivity index is 1.85. The van der Waals surface area contributed by atoms with E-state index < -0.39 is 0 Å². The number of hydrogen-bond donors (Lipinski definition) is 4. The molecule has 1 aliphatic carbocycles. The van der Waals surface area contributed by atoms with Crippen molar-refractivity contribution in [1.82, 2.24) is 9.55 Å². The minimum atomic E-state index is 0.0758. The number of hydrogen-bond acceptors (Lipinski definition) is 6. The maximum absolute atomic E-state index is 9.40. The van der Waals surface area contributed by atoms with Crippen LogP contribution in [0.3, 0.4) is 0 Å². The molecule has 0 amide bonds. The smallest absolute Gasteiger partial charge is 0.194 e. The lowest BCUT2D eigenvalue weighted by Gasteiger charge is -2.44. The van der Waals surface area contributed by atoms with E-state index in [1.807, 2.05) is 4.57 Å². The van der Waals surface area contributed by atoms with E-state index in [-0.39, 0.29) is 31.1 Å². The predicted molar refractivity (Wildman–Crippen MR) is 66.0 cm³/mol. The molecule has 2 heterocycles. The second-order valence-corrected chi connectivity index (χ2v) is 4.87. The minimum Gasteiger partial charge on any atom is -0.396 e. The van der Waals surface area contributed by atoms with Crippen molar-refractivity contribution in [2.45, 2.75) is 19.0 Å². The number of aliphatic imine (C=N–C) groups is 1. The monoisotopic (exact) mass is 251 g/mol. The SMILES string of the molecule is NC1=NCc2ncn([C@H]3C[C@@H](CO)[C@@H]3CO)c2N1. The number of aliphatic hydroxyl groups excluding tert-OH is 2. The fraction of sp³-hybridized carbons (Fsp3) is 0.636. The van der Waals surface area contributed by atoms with Crippen LogP contribution < -0.4 is 11.1 Å². The van der Waals surface area contributed by atoms with Gasteiger partial charge in [0.25, 0.3) is 0 Å². The molecule has 1 aliphatic heterocycles. The van der Waals surface area contributed by atoms with Gasteiger partial charge in [0, 0.05) is 25.2 Å². The van der Waals surface area contributed by atoms with Crippen molar-refractivity contribution in [3.63, 3.8) is 0 Å². The zero-order chi connectivity index (χ0) is 12.7. The van der Waals surface area contributed by atoms with Crippen LogP contribution >= 0.6 is 0 Å². The number of nitrogens with two attached hydrogens (primary N) is 1. The quantitative estimate of drug-likeness (QED) is 0.567. The molecule has 3 rings (SSSR count). The lowest BCUT2D eigenvalue weighted by Crippen LogP contribution is -2.43. The lowest BCUT2D eigenvalue weighted by atomic mass is 9.70. The second-order valence-electron chi connectivity index (χ2n) is 4.87. The number of nitrogens with zero attached hydrogens (tertiary/aromatic N) is 3. The van der Waals surface area contributed by atoms with E-state index >= 15 is 0 Å². The molecule has 2 aliphatic rings. The van der Waals surface area contributed by atoms with Crippen LogP contribution in [0.2, 0.25) is 0 Å². The van der Waals surface area contributed by atoms with E-state index in [0.29, 0.717) is 12.5 Å². The van der Waals surface area contributed by atoms with Gasteiger partial charge in [-0.15, -0.1) is 0 Å². The summed E-state index contributed by atoms with van der Waals surface area (Å²) in [7, 11) is 0. The van der Waals surface area contributed by atoms with Crippen molar-refractivity contribution in [2.24, 2.45) is 22.6 Å². The highest BCUT2D eigenvalue weighted by Crippen LogP contribution is 2.45. The standard InChI is InChI=1S/C11H17N5O2/c12-11-13-2-8-10(15-11)16(5-14-8)9-1-6(3-17)7(9)4-18/h5-7,9,17-18H,1-4H2,(H3,12,13,15)/t6-,7-,9-/m0/s1. The highest BCUT2D eigenvalue weighted by atomic mass is 16.3. The molecule has 1 saturated carbocycles. The summed E-state index contributed by atoms with van der Waals surface area (Å²) in [6, 6.07) is 0.168. The maximum atomic E-state index is 9.40. The second kappa shape index (κ2) is 4.25. The number of nitrogens with one attached hydrogen (secondary N) is 1. The first-order chi connectivity index (χ1) is 8.74. The highest BCUT2D eigenvalue weighted by molar-refractivity contribution is 5.93. The Hall–Kier alpha value is -1.60. The molecule has 0 unspecified atom stereocenters. The van der Waals surface area contributed by atoms with E-state index in [0.717, 1.165) is 17.9 Å². The summed E-state index contributed by atoms with van der Waals surface area (Å²) in [4.78, 5) is 8.38. The number of imidazole rings is 1. The number of aromatic nitrogens is 2. The number of fused-ring (bicyclic) bond motifs is 1. The van der Waals surface area contributed by atoms with E-state index in [4.69, 9.17) is 5.73 Å². The molecule has 1 aromatic heterocycles. The molecule has 98 valence electrons. The zero-order valence-electron chi connectivity index (χ0n) is 9.95. The molecule has 3 atom stereocenters. The number of anilines is 1. The summed E-state index contributed by atoms with van der Waals surface area (Å²) in [6.07, 6.45) is 2.61. The van der Waals surface area contributed by atoms with Gasteiger partial charge in [0.2, 0.25) is 0 Å². The molecule has 1 aromatic rings. The van der Waals surface area contributed by atoms with Crippen LogP contribution in [0.15, 0.2) is 11.3 Å². The average Bonchev–Trinajstić information content (AvgIpc) is 2.72. The van der Waals surface area contributed by atoms with Gasteiger partial charge in [-0.1, -0.05) is 0 Å². The van der Waals surface area contributed by atoms with E-state index in [1.54, 1.807) is 6.33 Å². The lowest BCUT2D eigenvalue weighted by molar-refractivity contribution is -0.00592. The van der Waals surface area contributed by atoms with Gasteiger partial charge in [-0.05, 0) is 12.3 Å². The molecule has 0 aromatic carbocycles. The minimum absolute atomic E-state index is 0.0758. The van der Waals surface area contributed by atoms with Crippen molar-refractivity contribution >= 4 is 11.8 Å². The molecular formula is C11H17N5O2. The third-order valence-electron chi connectivity index (χ3n) is 3.96. The molecular weight excluding hydrogens is 234 g/mol. The Morgan fingerprint density at radius 3 is 3.00 bits per heavy atom. The summed E-state index contributed by atoms with van der Waals surface area (Å²) in [6.45, 7) is 0.684. The molecule has 5 N–H and O–H groups in total. The van der Waals surface area contributed by atoms with Gasteiger partial charge in [0.1, 0.15) is 11.5 Å². The van der Waals surface area contributed by atoms with Crippen LogP contribution in [-0.2, 0) is 6.54 Å². The molecule has 7 nitrogen and oxygen atoms in total. The molecule has 7 heteroatoms. The highest BCUT2D eigenvalue weighted by Gasteiger charge is 2.42. The van der Waals surface area contributed by atoms with E-state index in [9.17, 15) is 10.2 Å². The van der Waals surface area contributed by atoms with Gasteiger partial charge in [0.05, 0.1) is 12.9 Å². The van der Waals surface area contributed by atoms with E-state index in [1.165, 1.54) is 0 Å². The van der Waals surface area contributed by atoms with Crippen LogP contribution in [0, 0.1) is 11.8 Å².